The molecule has 0 N–H and O–H groups in total. The molecule has 0 bridgehead atoms. The fraction of sp³-hybridized carbons (Fsp3) is 0.787. The second kappa shape index (κ2) is 55.7. The van der Waals surface area contributed by atoms with E-state index < -0.39 is 6.10 Å². The Morgan fingerprint density at radius 3 is 0.910 bits per heavy atom. The molecule has 0 aliphatic carbocycles. The zero-order valence-electron chi connectivity index (χ0n) is 44.4. The van der Waals surface area contributed by atoms with Crippen LogP contribution in [0.25, 0.3) is 0 Å². The van der Waals surface area contributed by atoms with Gasteiger partial charge in [-0.2, -0.15) is 0 Å². The minimum atomic E-state index is -0.769. The maximum Gasteiger partial charge on any atom is 0.306 e. The lowest BCUT2D eigenvalue weighted by atomic mass is 10.0. The molecule has 0 amide bonds. The Morgan fingerprint density at radius 2 is 0.582 bits per heavy atom. The van der Waals surface area contributed by atoms with Crippen molar-refractivity contribution in [2.75, 3.05) is 13.2 Å². The van der Waals surface area contributed by atoms with Crippen molar-refractivity contribution in [3.63, 3.8) is 0 Å². The van der Waals surface area contributed by atoms with E-state index >= 15 is 0 Å². The van der Waals surface area contributed by atoms with Crippen molar-refractivity contribution in [2.45, 2.75) is 297 Å². The minimum Gasteiger partial charge on any atom is -0.462 e. The second-order valence-electron chi connectivity index (χ2n) is 19.2. The molecule has 388 valence electrons. The summed E-state index contributed by atoms with van der Waals surface area (Å²) in [5.41, 5.74) is 0. The van der Waals surface area contributed by atoms with Crippen molar-refractivity contribution in [1.82, 2.24) is 0 Å². The predicted molar refractivity (Wildman–Crippen MR) is 288 cm³/mol. The van der Waals surface area contributed by atoms with Gasteiger partial charge in [-0.1, -0.05) is 268 Å². The maximum atomic E-state index is 12.8. The SMILES string of the molecule is CC/C=C\C/C=C\C/C=C\C/C=C\C/C=C\CCCCCCCCCCCCCC(=O)OCC(COC(=O)CCCCCCCCCCC)OC(=O)CCCCCCCCCCCCCCC. The highest BCUT2D eigenvalue weighted by atomic mass is 16.6. The fourth-order valence-electron chi connectivity index (χ4n) is 8.24. The molecule has 0 aromatic heterocycles. The van der Waals surface area contributed by atoms with Crippen molar-refractivity contribution in [2.24, 2.45) is 0 Å². The van der Waals surface area contributed by atoms with Crippen LogP contribution < -0.4 is 0 Å². The van der Waals surface area contributed by atoms with Gasteiger partial charge in [0.1, 0.15) is 13.2 Å². The molecule has 0 aromatic carbocycles. The van der Waals surface area contributed by atoms with Gasteiger partial charge < -0.3 is 14.2 Å². The van der Waals surface area contributed by atoms with Gasteiger partial charge in [-0.15, -0.1) is 0 Å². The van der Waals surface area contributed by atoms with Crippen LogP contribution in [0.1, 0.15) is 290 Å². The van der Waals surface area contributed by atoms with Crippen molar-refractivity contribution in [3.8, 4) is 0 Å². The Morgan fingerprint density at radius 1 is 0.313 bits per heavy atom. The summed E-state index contributed by atoms with van der Waals surface area (Å²) < 4.78 is 16.8. The van der Waals surface area contributed by atoms with E-state index in [1.165, 1.54) is 161 Å². The molecule has 0 radical (unpaired) electrons. The van der Waals surface area contributed by atoms with Gasteiger partial charge in [0.25, 0.3) is 0 Å². The number of rotatable bonds is 52. The minimum absolute atomic E-state index is 0.0704. The van der Waals surface area contributed by atoms with E-state index in [1.807, 2.05) is 0 Å². The van der Waals surface area contributed by atoms with Crippen molar-refractivity contribution in [3.05, 3.63) is 60.8 Å². The number of allylic oxidation sites excluding steroid dienone is 10. The fourth-order valence-corrected chi connectivity index (χ4v) is 8.24. The average Bonchev–Trinajstić information content (AvgIpc) is 3.33. The predicted octanol–water partition coefficient (Wildman–Crippen LogP) is 19.2. The van der Waals surface area contributed by atoms with Crippen LogP contribution in [0.5, 0.6) is 0 Å². The molecule has 1 atom stereocenters. The summed E-state index contributed by atoms with van der Waals surface area (Å²) in [7, 11) is 0. The van der Waals surface area contributed by atoms with Gasteiger partial charge in [-0.05, 0) is 64.2 Å². The molecule has 0 heterocycles. The van der Waals surface area contributed by atoms with Gasteiger partial charge in [-0.25, -0.2) is 0 Å². The summed E-state index contributed by atoms with van der Waals surface area (Å²) in [6.07, 6.45) is 69.4. The first-order valence-corrected chi connectivity index (χ1v) is 28.8. The number of ether oxygens (including phenoxy) is 3. The van der Waals surface area contributed by atoms with Gasteiger partial charge in [0.15, 0.2) is 6.10 Å². The van der Waals surface area contributed by atoms with E-state index in [0.29, 0.717) is 19.3 Å². The number of hydrogen-bond donors (Lipinski definition) is 0. The van der Waals surface area contributed by atoms with Crippen LogP contribution in [0.2, 0.25) is 0 Å². The molecular formula is C61H108O6. The topological polar surface area (TPSA) is 78.9 Å². The smallest absolute Gasteiger partial charge is 0.306 e. The van der Waals surface area contributed by atoms with E-state index in [1.54, 1.807) is 0 Å². The van der Waals surface area contributed by atoms with E-state index in [-0.39, 0.29) is 31.1 Å². The zero-order chi connectivity index (χ0) is 48.6. The molecule has 6 nitrogen and oxygen atoms in total. The molecule has 0 spiro atoms. The summed E-state index contributed by atoms with van der Waals surface area (Å²) in [5.74, 6) is -0.865. The van der Waals surface area contributed by atoms with E-state index in [0.717, 1.165) is 89.9 Å². The summed E-state index contributed by atoms with van der Waals surface area (Å²) in [4.78, 5) is 38.0. The average molecular weight is 938 g/mol. The number of carbonyl (C=O) groups is 3. The first-order valence-electron chi connectivity index (χ1n) is 28.8. The van der Waals surface area contributed by atoms with Crippen LogP contribution in [0.15, 0.2) is 60.8 Å². The molecular weight excluding hydrogens is 829 g/mol. The number of hydrogen-bond acceptors (Lipinski definition) is 6. The Labute approximate surface area is 415 Å². The Balaban J connectivity index is 4.16. The summed E-state index contributed by atoms with van der Waals surface area (Å²) in [6, 6.07) is 0. The Kier molecular flexibility index (Phi) is 53.3. The van der Waals surface area contributed by atoms with Crippen molar-refractivity contribution in [1.29, 1.82) is 0 Å². The summed E-state index contributed by atoms with van der Waals surface area (Å²) >= 11 is 0. The standard InChI is InChI=1S/C61H108O6/c1-4-7-10-13-16-19-21-23-24-25-26-27-28-29-30-31-32-33-34-35-36-38-39-42-45-48-51-54-60(63)66-57-58(56-65-59(62)53-50-47-44-41-18-15-12-9-6-3)67-61(64)55-52-49-46-43-40-37-22-20-17-14-11-8-5-2/h7,10,16,19,23-24,26-27,29-30,58H,4-6,8-9,11-15,17-18,20-22,25,28,31-57H2,1-3H3/b10-7-,19-16-,24-23-,27-26-,30-29-. The van der Waals surface area contributed by atoms with Gasteiger partial charge >= 0.3 is 17.9 Å². The molecule has 1 unspecified atom stereocenters. The molecule has 0 aromatic rings. The lowest BCUT2D eigenvalue weighted by Gasteiger charge is -2.18. The van der Waals surface area contributed by atoms with Gasteiger partial charge in [0.2, 0.25) is 0 Å². The van der Waals surface area contributed by atoms with Crippen LogP contribution in [-0.2, 0) is 28.6 Å². The molecule has 67 heavy (non-hydrogen) atoms. The normalized spacial score (nSPS) is 12.5. The highest BCUT2D eigenvalue weighted by molar-refractivity contribution is 5.71. The first-order chi connectivity index (χ1) is 33.0. The molecule has 0 aliphatic rings. The number of unbranched alkanes of at least 4 members (excludes halogenated alkanes) is 31. The zero-order valence-corrected chi connectivity index (χ0v) is 44.4. The maximum absolute atomic E-state index is 12.8. The lowest BCUT2D eigenvalue weighted by Crippen LogP contribution is -2.30. The van der Waals surface area contributed by atoms with E-state index in [4.69, 9.17) is 14.2 Å². The van der Waals surface area contributed by atoms with Crippen molar-refractivity contribution >= 4 is 17.9 Å². The first kappa shape index (κ1) is 64.1. The van der Waals surface area contributed by atoms with Crippen LogP contribution in [0.3, 0.4) is 0 Å². The van der Waals surface area contributed by atoms with Crippen LogP contribution in [0, 0.1) is 0 Å². The molecule has 0 saturated heterocycles. The Hall–Kier alpha value is -2.89. The molecule has 0 rings (SSSR count). The largest absolute Gasteiger partial charge is 0.462 e. The third-order valence-electron chi connectivity index (χ3n) is 12.5. The lowest BCUT2D eigenvalue weighted by molar-refractivity contribution is -0.167. The molecule has 0 saturated carbocycles. The van der Waals surface area contributed by atoms with Gasteiger partial charge in [-0.3, -0.25) is 14.4 Å². The second-order valence-corrected chi connectivity index (χ2v) is 19.2. The molecule has 0 fully saturated rings. The summed E-state index contributed by atoms with van der Waals surface area (Å²) in [5, 5.41) is 0. The highest BCUT2D eigenvalue weighted by Crippen LogP contribution is 2.16. The van der Waals surface area contributed by atoms with Gasteiger partial charge in [0, 0.05) is 19.3 Å². The molecule has 0 aliphatic heterocycles. The number of esters is 3. The third kappa shape index (κ3) is 53.9. The van der Waals surface area contributed by atoms with E-state index in [9.17, 15) is 14.4 Å². The van der Waals surface area contributed by atoms with Crippen molar-refractivity contribution < 1.29 is 28.6 Å². The van der Waals surface area contributed by atoms with Gasteiger partial charge in [0.05, 0.1) is 0 Å². The van der Waals surface area contributed by atoms with E-state index in [2.05, 4.69) is 81.5 Å². The van der Waals surface area contributed by atoms with Crippen LogP contribution in [0.4, 0.5) is 0 Å². The monoisotopic (exact) mass is 937 g/mol. The van der Waals surface area contributed by atoms with Crippen LogP contribution in [-0.4, -0.2) is 37.2 Å². The van der Waals surface area contributed by atoms with Crippen LogP contribution >= 0.6 is 0 Å². The summed E-state index contributed by atoms with van der Waals surface area (Å²) in [6.45, 7) is 6.53. The Bertz CT molecular complexity index is 1210. The quantitative estimate of drug-likeness (QED) is 0.0262. The molecule has 6 heteroatoms. The third-order valence-corrected chi connectivity index (χ3v) is 12.5. The highest BCUT2D eigenvalue weighted by Gasteiger charge is 2.19. The number of carbonyl (C=O) groups excluding carboxylic acids is 3.